The zero-order chi connectivity index (χ0) is 12.3. The Labute approximate surface area is 110 Å². The van der Waals surface area contributed by atoms with Crippen molar-refractivity contribution >= 4 is 23.6 Å². The van der Waals surface area contributed by atoms with Gasteiger partial charge in [0.1, 0.15) is 17.1 Å². The molecule has 0 spiro atoms. The summed E-state index contributed by atoms with van der Waals surface area (Å²) in [6, 6.07) is 3.98. The van der Waals surface area contributed by atoms with Crippen LogP contribution in [0, 0.1) is 11.6 Å². The monoisotopic (exact) mass is 266 g/mol. The summed E-state index contributed by atoms with van der Waals surface area (Å²) in [6.45, 7) is 5.20. The maximum Gasteiger partial charge on any atom is 0.134 e. The molecular weight excluding hydrogens is 252 g/mol. The van der Waals surface area contributed by atoms with Crippen LogP contribution in [0.25, 0.3) is 11.3 Å². The van der Waals surface area contributed by atoms with Crippen LogP contribution in [0.15, 0.2) is 17.5 Å². The van der Waals surface area contributed by atoms with Crippen molar-refractivity contribution in [1.82, 2.24) is 9.97 Å². The molecule has 2 aromatic rings. The van der Waals surface area contributed by atoms with Crippen LogP contribution < -0.4 is 0 Å². The van der Waals surface area contributed by atoms with Gasteiger partial charge in [0.2, 0.25) is 0 Å². The number of aromatic amines is 1. The number of H-pyrrole nitrogens is 1. The first-order valence-electron chi connectivity index (χ1n) is 5.43. The first-order valence-corrected chi connectivity index (χ1v) is 6.72. The fraction of sp³-hybridized carbons (Fsp3) is 0.333. The molecular formula is C12H14N2OS2. The van der Waals surface area contributed by atoms with E-state index < -0.39 is 0 Å². The molecule has 0 fully saturated rings. The Morgan fingerprint density at radius 2 is 2.35 bits per heavy atom. The number of nitrogens with one attached hydrogen (secondary N) is 1. The highest BCUT2D eigenvalue weighted by Gasteiger charge is 2.05. The van der Waals surface area contributed by atoms with Crippen LogP contribution >= 0.6 is 23.6 Å². The van der Waals surface area contributed by atoms with Gasteiger partial charge in [-0.15, -0.1) is 11.3 Å². The summed E-state index contributed by atoms with van der Waals surface area (Å²) < 4.78 is 5.94. The fourth-order valence-corrected chi connectivity index (χ4v) is 2.53. The Morgan fingerprint density at radius 1 is 1.53 bits per heavy atom. The second-order valence-electron chi connectivity index (χ2n) is 3.61. The molecule has 0 aromatic carbocycles. The summed E-state index contributed by atoms with van der Waals surface area (Å²) in [6.07, 6.45) is 0. The molecule has 2 aromatic heterocycles. The van der Waals surface area contributed by atoms with E-state index in [-0.39, 0.29) is 0 Å². The number of thiophene rings is 1. The van der Waals surface area contributed by atoms with E-state index in [4.69, 9.17) is 17.0 Å². The predicted octanol–water partition coefficient (Wildman–Crippen LogP) is 3.71. The van der Waals surface area contributed by atoms with Crippen LogP contribution in [0.3, 0.4) is 0 Å². The van der Waals surface area contributed by atoms with Gasteiger partial charge in [0.05, 0.1) is 5.69 Å². The van der Waals surface area contributed by atoms with E-state index in [9.17, 15) is 0 Å². The number of ether oxygens (including phenoxy) is 1. The van der Waals surface area contributed by atoms with Gasteiger partial charge in [0.25, 0.3) is 0 Å². The smallest absolute Gasteiger partial charge is 0.134 e. The van der Waals surface area contributed by atoms with E-state index >= 15 is 0 Å². The van der Waals surface area contributed by atoms with Crippen molar-refractivity contribution in [3.8, 4) is 11.3 Å². The zero-order valence-electron chi connectivity index (χ0n) is 9.82. The third-order valence-electron chi connectivity index (χ3n) is 2.38. The molecule has 0 aliphatic heterocycles. The van der Waals surface area contributed by atoms with Crippen LogP contribution in [0.2, 0.25) is 0 Å². The average Bonchev–Trinajstić information content (AvgIpc) is 2.72. The third-order valence-corrected chi connectivity index (χ3v) is 3.44. The quantitative estimate of drug-likeness (QED) is 0.857. The van der Waals surface area contributed by atoms with Gasteiger partial charge in [-0.3, -0.25) is 0 Å². The first-order chi connectivity index (χ1) is 8.20. The zero-order valence-corrected chi connectivity index (χ0v) is 11.5. The van der Waals surface area contributed by atoms with Crippen molar-refractivity contribution in [2.45, 2.75) is 20.5 Å². The molecule has 0 saturated carbocycles. The standard InChI is InChI=1S/C12H14N2OS2/c1-3-15-7-11-13-10(6-12(16)14-11)9-4-5-17-8(9)2/h4-6H,3,7H2,1-2H3,(H,13,14,16). The lowest BCUT2D eigenvalue weighted by Crippen LogP contribution is -2.00. The largest absolute Gasteiger partial charge is 0.374 e. The van der Waals surface area contributed by atoms with Crippen LogP contribution in [-0.4, -0.2) is 16.6 Å². The summed E-state index contributed by atoms with van der Waals surface area (Å²) in [5.74, 6) is 0.778. The Morgan fingerprint density at radius 3 is 3.00 bits per heavy atom. The Bertz CT molecular complexity index is 560. The fourth-order valence-electron chi connectivity index (χ4n) is 1.58. The van der Waals surface area contributed by atoms with Gasteiger partial charge in [-0.2, -0.15) is 0 Å². The third kappa shape index (κ3) is 3.00. The summed E-state index contributed by atoms with van der Waals surface area (Å²) in [5, 5.41) is 2.07. The molecule has 5 heteroatoms. The van der Waals surface area contributed by atoms with E-state index in [0.717, 1.165) is 11.5 Å². The van der Waals surface area contributed by atoms with Gasteiger partial charge in [-0.05, 0) is 31.4 Å². The topological polar surface area (TPSA) is 37.9 Å². The van der Waals surface area contributed by atoms with E-state index in [1.807, 2.05) is 13.0 Å². The maximum atomic E-state index is 5.34. The van der Waals surface area contributed by atoms with Crippen molar-refractivity contribution < 1.29 is 4.74 Å². The lowest BCUT2D eigenvalue weighted by Gasteiger charge is -2.05. The molecule has 2 rings (SSSR count). The second-order valence-corrected chi connectivity index (χ2v) is 5.15. The van der Waals surface area contributed by atoms with Crippen molar-refractivity contribution in [3.05, 3.63) is 32.9 Å². The normalized spacial score (nSPS) is 10.7. The number of aryl methyl sites for hydroxylation is 1. The number of hydrogen-bond acceptors (Lipinski definition) is 4. The maximum absolute atomic E-state index is 5.34. The second kappa shape index (κ2) is 5.53. The molecule has 2 heterocycles. The molecule has 3 nitrogen and oxygen atoms in total. The molecule has 1 N–H and O–H groups in total. The first kappa shape index (κ1) is 12.4. The highest BCUT2D eigenvalue weighted by molar-refractivity contribution is 7.71. The van der Waals surface area contributed by atoms with Gasteiger partial charge >= 0.3 is 0 Å². The predicted molar refractivity (Wildman–Crippen MR) is 72.8 cm³/mol. The number of aromatic nitrogens is 2. The van der Waals surface area contributed by atoms with Gasteiger partial charge in [-0.1, -0.05) is 12.2 Å². The summed E-state index contributed by atoms with van der Waals surface area (Å²) in [7, 11) is 0. The van der Waals surface area contributed by atoms with E-state index in [1.54, 1.807) is 11.3 Å². The van der Waals surface area contributed by atoms with Crippen molar-refractivity contribution in [2.75, 3.05) is 6.61 Å². The van der Waals surface area contributed by atoms with Crippen LogP contribution in [0.1, 0.15) is 17.6 Å². The minimum atomic E-state index is 0.469. The molecule has 90 valence electrons. The van der Waals surface area contributed by atoms with Crippen molar-refractivity contribution in [3.63, 3.8) is 0 Å². The minimum Gasteiger partial charge on any atom is -0.374 e. The molecule has 0 amide bonds. The highest BCUT2D eigenvalue weighted by Crippen LogP contribution is 2.25. The van der Waals surface area contributed by atoms with Gasteiger partial charge < -0.3 is 9.72 Å². The Hall–Kier alpha value is -1.04. The summed E-state index contributed by atoms with van der Waals surface area (Å²) in [5.41, 5.74) is 2.19. The molecule has 17 heavy (non-hydrogen) atoms. The Kier molecular flexibility index (Phi) is 4.04. The van der Waals surface area contributed by atoms with Gasteiger partial charge in [0, 0.05) is 17.0 Å². The average molecular weight is 266 g/mol. The Balaban J connectivity index is 2.38. The lowest BCUT2D eigenvalue weighted by atomic mass is 10.2. The van der Waals surface area contributed by atoms with Crippen molar-refractivity contribution in [2.24, 2.45) is 0 Å². The van der Waals surface area contributed by atoms with E-state index in [2.05, 4.69) is 28.3 Å². The van der Waals surface area contributed by atoms with Crippen LogP contribution in [0.4, 0.5) is 0 Å². The summed E-state index contributed by atoms with van der Waals surface area (Å²) in [4.78, 5) is 8.78. The van der Waals surface area contributed by atoms with Gasteiger partial charge in [-0.25, -0.2) is 4.98 Å². The molecule has 0 radical (unpaired) electrons. The van der Waals surface area contributed by atoms with Crippen LogP contribution in [-0.2, 0) is 11.3 Å². The highest BCUT2D eigenvalue weighted by atomic mass is 32.1. The summed E-state index contributed by atoms with van der Waals surface area (Å²) >= 11 is 6.89. The molecule has 0 aliphatic carbocycles. The van der Waals surface area contributed by atoms with E-state index in [1.165, 1.54) is 10.4 Å². The number of nitrogens with zero attached hydrogens (tertiary/aromatic N) is 1. The molecule has 0 unspecified atom stereocenters. The lowest BCUT2D eigenvalue weighted by molar-refractivity contribution is 0.128. The molecule has 0 saturated heterocycles. The molecule has 0 atom stereocenters. The van der Waals surface area contributed by atoms with E-state index in [0.29, 0.717) is 17.9 Å². The number of hydrogen-bond donors (Lipinski definition) is 1. The molecule has 0 aliphatic rings. The SMILES string of the molecule is CCOCc1nc(=S)cc(-c2ccsc2C)[nH]1. The number of rotatable bonds is 4. The minimum absolute atomic E-state index is 0.469. The van der Waals surface area contributed by atoms with Crippen LogP contribution in [0.5, 0.6) is 0 Å². The molecule has 0 bridgehead atoms. The van der Waals surface area contributed by atoms with Crippen molar-refractivity contribution in [1.29, 1.82) is 0 Å². The van der Waals surface area contributed by atoms with Gasteiger partial charge in [0.15, 0.2) is 0 Å².